The number of nitrogens with zero attached hydrogens (tertiary/aromatic N) is 1. The lowest BCUT2D eigenvalue weighted by Gasteiger charge is -2.36. The fraction of sp³-hybridized carbons (Fsp3) is 0.381. The van der Waals surface area contributed by atoms with E-state index in [1.807, 2.05) is 6.92 Å². The Morgan fingerprint density at radius 3 is 2.32 bits per heavy atom. The monoisotopic (exact) mass is 388 g/mol. The maximum absolute atomic E-state index is 13.1. The van der Waals surface area contributed by atoms with Crippen molar-refractivity contribution in [1.82, 2.24) is 0 Å². The highest BCUT2D eigenvalue weighted by atomic mass is 19.1. The van der Waals surface area contributed by atoms with Crippen LogP contribution in [0, 0.1) is 5.82 Å². The Kier molecular flexibility index (Phi) is 6.36. The molecule has 28 heavy (non-hydrogen) atoms. The minimum atomic E-state index is -0.228. The second-order valence-corrected chi connectivity index (χ2v) is 6.90. The van der Waals surface area contributed by atoms with Crippen LogP contribution in [0.2, 0.25) is 0 Å². The van der Waals surface area contributed by atoms with Crippen molar-refractivity contribution in [3.05, 3.63) is 48.3 Å². The number of nitrogens with one attached hydrogen (secondary N) is 2. The Morgan fingerprint density at radius 2 is 1.71 bits per heavy atom. The summed E-state index contributed by atoms with van der Waals surface area (Å²) in [7, 11) is 3.14. The fourth-order valence-corrected chi connectivity index (χ4v) is 3.49. The van der Waals surface area contributed by atoms with Crippen molar-refractivity contribution in [2.45, 2.75) is 13.0 Å². The molecule has 150 valence electrons. The third-order valence-corrected chi connectivity index (χ3v) is 5.25. The SMILES string of the molecule is COc1ccc(NC(=O)[C@@H](C)[NH+]2CCN(c3ccc(F)cc3)CC2)cc1OC. The van der Waals surface area contributed by atoms with Gasteiger partial charge >= 0.3 is 0 Å². The minimum Gasteiger partial charge on any atom is -0.493 e. The van der Waals surface area contributed by atoms with Gasteiger partial charge in [0.1, 0.15) is 5.82 Å². The largest absolute Gasteiger partial charge is 0.493 e. The maximum atomic E-state index is 13.1. The molecule has 1 aliphatic rings. The van der Waals surface area contributed by atoms with E-state index in [0.29, 0.717) is 17.2 Å². The smallest absolute Gasteiger partial charge is 0.282 e. The van der Waals surface area contributed by atoms with E-state index in [1.165, 1.54) is 17.0 Å². The molecule has 0 aromatic heterocycles. The zero-order chi connectivity index (χ0) is 20.1. The molecule has 1 atom stereocenters. The number of hydrogen-bond acceptors (Lipinski definition) is 4. The molecule has 6 nitrogen and oxygen atoms in total. The van der Waals surface area contributed by atoms with E-state index >= 15 is 0 Å². The molecule has 1 aliphatic heterocycles. The summed E-state index contributed by atoms with van der Waals surface area (Å²) >= 11 is 0. The van der Waals surface area contributed by atoms with Crippen molar-refractivity contribution in [2.24, 2.45) is 0 Å². The van der Waals surface area contributed by atoms with Crippen LogP contribution >= 0.6 is 0 Å². The summed E-state index contributed by atoms with van der Waals surface area (Å²) in [6.45, 7) is 5.29. The third-order valence-electron chi connectivity index (χ3n) is 5.25. The number of halogens is 1. The zero-order valence-corrected chi connectivity index (χ0v) is 16.5. The molecular weight excluding hydrogens is 361 g/mol. The molecule has 0 saturated carbocycles. The second kappa shape index (κ2) is 8.93. The van der Waals surface area contributed by atoms with Gasteiger partial charge in [-0.1, -0.05) is 0 Å². The van der Waals surface area contributed by atoms with E-state index < -0.39 is 0 Å². The lowest BCUT2D eigenvalue weighted by Crippen LogP contribution is -3.19. The van der Waals surface area contributed by atoms with Gasteiger partial charge in [-0.05, 0) is 43.3 Å². The number of ether oxygens (including phenoxy) is 2. The van der Waals surface area contributed by atoms with Crippen LogP contribution in [-0.4, -0.2) is 52.3 Å². The Hall–Kier alpha value is -2.80. The summed E-state index contributed by atoms with van der Waals surface area (Å²) in [5.41, 5.74) is 1.70. The lowest BCUT2D eigenvalue weighted by atomic mass is 10.2. The molecule has 0 radical (unpaired) electrons. The number of anilines is 2. The first kappa shape index (κ1) is 19.9. The quantitative estimate of drug-likeness (QED) is 0.789. The van der Waals surface area contributed by atoms with Crippen LogP contribution in [-0.2, 0) is 4.79 Å². The number of benzene rings is 2. The fourth-order valence-electron chi connectivity index (χ4n) is 3.49. The summed E-state index contributed by atoms with van der Waals surface area (Å²) in [6, 6.07) is 11.7. The van der Waals surface area contributed by atoms with Gasteiger partial charge in [0.2, 0.25) is 0 Å². The molecule has 1 heterocycles. The van der Waals surface area contributed by atoms with Crippen LogP contribution in [0.1, 0.15) is 6.92 Å². The van der Waals surface area contributed by atoms with Crippen molar-refractivity contribution in [1.29, 1.82) is 0 Å². The molecule has 0 unspecified atom stereocenters. The van der Waals surface area contributed by atoms with Gasteiger partial charge in [-0.15, -0.1) is 0 Å². The third kappa shape index (κ3) is 4.54. The van der Waals surface area contributed by atoms with Gasteiger partial charge in [-0.2, -0.15) is 0 Å². The Morgan fingerprint density at radius 1 is 1.07 bits per heavy atom. The van der Waals surface area contributed by atoms with Crippen molar-refractivity contribution in [3.8, 4) is 11.5 Å². The van der Waals surface area contributed by atoms with E-state index in [-0.39, 0.29) is 17.8 Å². The molecule has 2 aromatic rings. The van der Waals surface area contributed by atoms with Crippen molar-refractivity contribution in [2.75, 3.05) is 50.6 Å². The van der Waals surface area contributed by atoms with Crippen molar-refractivity contribution in [3.63, 3.8) is 0 Å². The molecular formula is C21H27FN3O3+. The molecule has 1 fully saturated rings. The van der Waals surface area contributed by atoms with Gasteiger partial charge < -0.3 is 24.6 Å². The molecule has 0 bridgehead atoms. The summed E-state index contributed by atoms with van der Waals surface area (Å²) in [4.78, 5) is 16.2. The van der Waals surface area contributed by atoms with E-state index in [2.05, 4.69) is 10.2 Å². The maximum Gasteiger partial charge on any atom is 0.282 e. The first-order chi connectivity index (χ1) is 13.5. The van der Waals surface area contributed by atoms with Crippen LogP contribution in [0.3, 0.4) is 0 Å². The van der Waals surface area contributed by atoms with Gasteiger partial charge in [0, 0.05) is 17.4 Å². The van der Waals surface area contributed by atoms with E-state index in [1.54, 1.807) is 44.6 Å². The number of piperazine rings is 1. The average molecular weight is 388 g/mol. The molecule has 7 heteroatoms. The molecule has 2 aromatic carbocycles. The predicted molar refractivity (Wildman–Crippen MR) is 107 cm³/mol. The van der Waals surface area contributed by atoms with Gasteiger partial charge in [0.15, 0.2) is 17.5 Å². The normalized spacial score (nSPS) is 15.8. The van der Waals surface area contributed by atoms with Gasteiger partial charge in [0.25, 0.3) is 5.91 Å². The average Bonchev–Trinajstić information content (AvgIpc) is 2.73. The van der Waals surface area contributed by atoms with Crippen LogP contribution in [0.15, 0.2) is 42.5 Å². The summed E-state index contributed by atoms with van der Waals surface area (Å²) in [5, 5.41) is 2.96. The van der Waals surface area contributed by atoms with E-state index in [0.717, 1.165) is 31.9 Å². The highest BCUT2D eigenvalue weighted by Gasteiger charge is 2.29. The molecule has 3 rings (SSSR count). The van der Waals surface area contributed by atoms with Crippen molar-refractivity contribution < 1.29 is 23.6 Å². The topological polar surface area (TPSA) is 55.2 Å². The number of rotatable bonds is 6. The number of methoxy groups -OCH3 is 2. The number of amides is 1. The lowest BCUT2D eigenvalue weighted by molar-refractivity contribution is -0.914. The predicted octanol–water partition coefficient (Wildman–Crippen LogP) is 1.57. The number of hydrogen-bond donors (Lipinski definition) is 2. The summed E-state index contributed by atoms with van der Waals surface area (Å²) in [6.07, 6.45) is 0. The first-order valence-corrected chi connectivity index (χ1v) is 9.40. The minimum absolute atomic E-state index is 0.0301. The van der Waals surface area contributed by atoms with Crippen LogP contribution in [0.5, 0.6) is 11.5 Å². The van der Waals surface area contributed by atoms with Gasteiger partial charge in [-0.25, -0.2) is 4.39 Å². The molecule has 0 spiro atoms. The number of carbonyl (C=O) groups is 1. The highest BCUT2D eigenvalue weighted by molar-refractivity contribution is 5.93. The van der Waals surface area contributed by atoms with Crippen LogP contribution in [0.25, 0.3) is 0 Å². The van der Waals surface area contributed by atoms with Crippen molar-refractivity contribution >= 4 is 17.3 Å². The van der Waals surface area contributed by atoms with Crippen LogP contribution < -0.4 is 24.6 Å². The summed E-state index contributed by atoms with van der Waals surface area (Å²) in [5.74, 6) is 0.940. The Bertz CT molecular complexity index is 805. The van der Waals surface area contributed by atoms with Gasteiger partial charge in [-0.3, -0.25) is 4.79 Å². The molecule has 1 amide bonds. The second-order valence-electron chi connectivity index (χ2n) is 6.90. The molecule has 0 aliphatic carbocycles. The zero-order valence-electron chi connectivity index (χ0n) is 16.5. The molecule has 2 N–H and O–H groups in total. The Labute approximate surface area is 164 Å². The number of carbonyl (C=O) groups excluding carboxylic acids is 1. The number of quaternary nitrogens is 1. The Balaban J connectivity index is 1.56. The highest BCUT2D eigenvalue weighted by Crippen LogP contribution is 2.29. The standard InChI is InChI=1S/C21H26FN3O3/c1-15(21(26)23-17-6-9-19(27-2)20(14-17)28-3)24-10-12-25(13-11-24)18-7-4-16(22)5-8-18/h4-9,14-15H,10-13H2,1-3H3,(H,23,26)/p+1/t15-/m1/s1. The molecule has 1 saturated heterocycles. The van der Waals surface area contributed by atoms with Gasteiger partial charge in [0.05, 0.1) is 40.4 Å². The van der Waals surface area contributed by atoms with E-state index in [4.69, 9.17) is 9.47 Å². The first-order valence-electron chi connectivity index (χ1n) is 9.40. The summed E-state index contributed by atoms with van der Waals surface area (Å²) < 4.78 is 23.6. The van der Waals surface area contributed by atoms with E-state index in [9.17, 15) is 9.18 Å². The van der Waals surface area contributed by atoms with Crippen LogP contribution in [0.4, 0.5) is 15.8 Å².